The van der Waals surface area contributed by atoms with Crippen LogP contribution in [0.5, 0.6) is 0 Å². The summed E-state index contributed by atoms with van der Waals surface area (Å²) in [5.41, 5.74) is 2.06. The number of nitrogens with one attached hydrogen (secondary N) is 1. The molecule has 1 N–H and O–H groups in total. The first-order valence-corrected chi connectivity index (χ1v) is 10.9. The second kappa shape index (κ2) is 8.32. The maximum absolute atomic E-state index is 12.8. The Morgan fingerprint density at radius 1 is 1.21 bits per heavy atom. The molecule has 3 aromatic rings. The van der Waals surface area contributed by atoms with Crippen LogP contribution in [0.2, 0.25) is 0 Å². The highest BCUT2D eigenvalue weighted by atomic mass is 32.1. The van der Waals surface area contributed by atoms with Crippen LogP contribution in [0, 0.1) is 5.92 Å². The van der Waals surface area contributed by atoms with Gasteiger partial charge in [0.1, 0.15) is 5.69 Å². The van der Waals surface area contributed by atoms with Gasteiger partial charge in [-0.1, -0.05) is 49.4 Å². The lowest BCUT2D eigenvalue weighted by atomic mass is 10.00. The SMILES string of the molecule is CCc1ccc(CNC(=O)c2cc(=O)nc3sc(N4CCC(C)CC4)nn23)cc1. The molecule has 0 atom stereocenters. The van der Waals surface area contributed by atoms with Crippen molar-refractivity contribution in [3.63, 3.8) is 0 Å². The number of anilines is 1. The zero-order valence-corrected chi connectivity index (χ0v) is 17.5. The minimum atomic E-state index is -0.426. The number of carbonyl (C=O) groups excluding carboxylic acids is 1. The topological polar surface area (TPSA) is 79.6 Å². The number of fused-ring (bicyclic) bond motifs is 1. The highest BCUT2D eigenvalue weighted by Gasteiger charge is 2.21. The standard InChI is InChI=1S/C21H25N5O2S/c1-3-15-4-6-16(7-5-15)13-22-19(28)17-12-18(27)23-20-26(17)24-21(29-20)25-10-8-14(2)9-11-25/h4-7,12,14H,3,8-11,13H2,1-2H3,(H,22,28). The van der Waals surface area contributed by atoms with Crippen molar-refractivity contribution in [1.82, 2.24) is 19.9 Å². The number of hydrogen-bond acceptors (Lipinski definition) is 6. The maximum atomic E-state index is 12.8. The van der Waals surface area contributed by atoms with Gasteiger partial charge in [-0.3, -0.25) is 9.59 Å². The third-order valence-corrected chi connectivity index (χ3v) is 6.38. The average Bonchev–Trinajstić information content (AvgIpc) is 3.16. The third-order valence-electron chi connectivity index (χ3n) is 5.41. The highest BCUT2D eigenvalue weighted by molar-refractivity contribution is 7.20. The molecule has 1 amide bonds. The minimum absolute atomic E-state index is 0.220. The molecular weight excluding hydrogens is 386 g/mol. The van der Waals surface area contributed by atoms with Gasteiger partial charge in [-0.25, -0.2) is 0 Å². The summed E-state index contributed by atoms with van der Waals surface area (Å²) in [6, 6.07) is 9.38. The van der Waals surface area contributed by atoms with Crippen LogP contribution in [0.1, 0.15) is 48.3 Å². The van der Waals surface area contributed by atoms with E-state index in [4.69, 9.17) is 0 Å². The summed E-state index contributed by atoms with van der Waals surface area (Å²) in [6.45, 7) is 6.62. The van der Waals surface area contributed by atoms with E-state index >= 15 is 0 Å². The first-order chi connectivity index (χ1) is 14.0. The van der Waals surface area contributed by atoms with Gasteiger partial charge in [0.05, 0.1) is 0 Å². The zero-order chi connectivity index (χ0) is 20.4. The molecule has 29 heavy (non-hydrogen) atoms. The smallest absolute Gasteiger partial charge is 0.274 e. The Hall–Kier alpha value is -2.74. The van der Waals surface area contributed by atoms with Crippen molar-refractivity contribution < 1.29 is 4.79 Å². The summed E-state index contributed by atoms with van der Waals surface area (Å²) in [5.74, 6) is 0.385. The van der Waals surface area contributed by atoms with E-state index in [9.17, 15) is 9.59 Å². The summed E-state index contributed by atoms with van der Waals surface area (Å²) in [7, 11) is 0. The summed E-state index contributed by atoms with van der Waals surface area (Å²) < 4.78 is 1.49. The molecule has 152 valence electrons. The van der Waals surface area contributed by atoms with Crippen LogP contribution in [0.15, 0.2) is 35.1 Å². The average molecular weight is 412 g/mol. The van der Waals surface area contributed by atoms with E-state index in [0.29, 0.717) is 17.4 Å². The zero-order valence-electron chi connectivity index (χ0n) is 16.7. The quantitative estimate of drug-likeness (QED) is 0.698. The monoisotopic (exact) mass is 411 g/mol. The summed E-state index contributed by atoms with van der Waals surface area (Å²) in [5, 5.41) is 8.30. The lowest BCUT2D eigenvalue weighted by Gasteiger charge is -2.29. The van der Waals surface area contributed by atoms with Gasteiger partial charge in [0.25, 0.3) is 11.5 Å². The molecule has 0 radical (unpaired) electrons. The van der Waals surface area contributed by atoms with E-state index in [1.165, 1.54) is 27.5 Å². The van der Waals surface area contributed by atoms with Crippen LogP contribution in [0.25, 0.3) is 4.96 Å². The largest absolute Gasteiger partial charge is 0.347 e. The molecule has 1 aliphatic heterocycles. The Morgan fingerprint density at radius 3 is 2.59 bits per heavy atom. The van der Waals surface area contributed by atoms with Crippen molar-refractivity contribution >= 4 is 27.3 Å². The van der Waals surface area contributed by atoms with Crippen LogP contribution in [0.4, 0.5) is 5.13 Å². The fourth-order valence-electron chi connectivity index (χ4n) is 3.46. The molecule has 0 unspecified atom stereocenters. The molecule has 1 fully saturated rings. The Labute approximate surface area is 173 Å². The van der Waals surface area contributed by atoms with Crippen molar-refractivity contribution in [1.29, 1.82) is 0 Å². The van der Waals surface area contributed by atoms with Crippen LogP contribution in [0.3, 0.4) is 0 Å². The van der Waals surface area contributed by atoms with Crippen molar-refractivity contribution in [3.8, 4) is 0 Å². The van der Waals surface area contributed by atoms with Crippen molar-refractivity contribution in [2.45, 2.75) is 39.7 Å². The van der Waals surface area contributed by atoms with Gasteiger partial charge >= 0.3 is 0 Å². The molecule has 2 aromatic heterocycles. The van der Waals surface area contributed by atoms with Crippen LogP contribution in [-0.2, 0) is 13.0 Å². The number of piperidine rings is 1. The molecule has 4 rings (SSSR count). The molecule has 8 heteroatoms. The molecule has 1 saturated heterocycles. The van der Waals surface area contributed by atoms with Crippen LogP contribution < -0.4 is 15.8 Å². The number of rotatable bonds is 5. The van der Waals surface area contributed by atoms with Gasteiger partial charge in [0, 0.05) is 25.7 Å². The number of aromatic nitrogens is 3. The number of hydrogen-bond donors (Lipinski definition) is 1. The summed E-state index contributed by atoms with van der Waals surface area (Å²) in [6.07, 6.45) is 3.21. The Kier molecular flexibility index (Phi) is 5.62. The second-order valence-corrected chi connectivity index (χ2v) is 8.52. The lowest BCUT2D eigenvalue weighted by molar-refractivity contribution is 0.0943. The third kappa shape index (κ3) is 4.32. The van der Waals surface area contributed by atoms with Gasteiger partial charge in [0.15, 0.2) is 0 Å². The van der Waals surface area contributed by atoms with Crippen molar-refractivity contribution in [2.24, 2.45) is 5.92 Å². The number of amides is 1. The first-order valence-electron chi connectivity index (χ1n) is 10.1. The van der Waals surface area contributed by atoms with E-state index in [1.54, 1.807) is 0 Å². The number of nitrogens with zero attached hydrogens (tertiary/aromatic N) is 4. The lowest BCUT2D eigenvalue weighted by Crippen LogP contribution is -2.32. The van der Waals surface area contributed by atoms with E-state index in [0.717, 1.165) is 43.0 Å². The highest BCUT2D eigenvalue weighted by Crippen LogP contribution is 2.27. The first kappa shape index (κ1) is 19.6. The molecule has 7 nitrogen and oxygen atoms in total. The van der Waals surface area contributed by atoms with Gasteiger partial charge < -0.3 is 10.2 Å². The van der Waals surface area contributed by atoms with Gasteiger partial charge in [-0.2, -0.15) is 9.50 Å². The fraction of sp³-hybridized carbons (Fsp3) is 0.429. The van der Waals surface area contributed by atoms with E-state index < -0.39 is 5.56 Å². The molecule has 1 aromatic carbocycles. The van der Waals surface area contributed by atoms with E-state index in [2.05, 4.69) is 46.3 Å². The predicted octanol–water partition coefficient (Wildman–Crippen LogP) is 2.88. The van der Waals surface area contributed by atoms with E-state index in [-0.39, 0.29) is 11.6 Å². The Balaban J connectivity index is 1.55. The van der Waals surface area contributed by atoms with Gasteiger partial charge in [-0.15, -0.1) is 5.10 Å². The molecular formula is C21H25N5O2S. The Morgan fingerprint density at radius 2 is 1.90 bits per heavy atom. The van der Waals surface area contributed by atoms with Crippen molar-refractivity contribution in [2.75, 3.05) is 18.0 Å². The van der Waals surface area contributed by atoms with Crippen LogP contribution >= 0.6 is 11.3 Å². The normalized spacial score (nSPS) is 15.0. The molecule has 0 spiro atoms. The maximum Gasteiger partial charge on any atom is 0.274 e. The number of benzene rings is 1. The molecule has 3 heterocycles. The molecule has 0 saturated carbocycles. The van der Waals surface area contributed by atoms with E-state index in [1.807, 2.05) is 12.1 Å². The molecule has 1 aliphatic rings. The molecule has 0 bridgehead atoms. The fourth-order valence-corrected chi connectivity index (χ4v) is 4.42. The second-order valence-electron chi connectivity index (χ2n) is 7.58. The van der Waals surface area contributed by atoms with Crippen LogP contribution in [-0.4, -0.2) is 33.6 Å². The minimum Gasteiger partial charge on any atom is -0.347 e. The number of carbonyl (C=O) groups is 1. The van der Waals surface area contributed by atoms with Gasteiger partial charge in [0.2, 0.25) is 10.1 Å². The summed E-state index contributed by atoms with van der Waals surface area (Å²) >= 11 is 1.36. The van der Waals surface area contributed by atoms with Crippen molar-refractivity contribution in [3.05, 3.63) is 57.5 Å². The predicted molar refractivity (Wildman–Crippen MR) is 115 cm³/mol. The molecule has 0 aliphatic carbocycles. The summed E-state index contributed by atoms with van der Waals surface area (Å²) in [4.78, 5) is 31.5. The number of aryl methyl sites for hydroxylation is 1. The Bertz CT molecular complexity index is 1060. The van der Waals surface area contributed by atoms with Gasteiger partial charge in [-0.05, 0) is 36.3 Å².